The van der Waals surface area contributed by atoms with Crippen LogP contribution in [0, 0.1) is 6.57 Å². The normalized spacial score (nSPS) is 17.6. The molecule has 2 aromatic carbocycles. The summed E-state index contributed by atoms with van der Waals surface area (Å²) in [5.74, 6) is 0.173. The fraction of sp³-hybridized carbons (Fsp3) is 0.300. The highest BCUT2D eigenvalue weighted by molar-refractivity contribution is 5.99. The zero-order valence-electron chi connectivity index (χ0n) is 13.5. The Bertz CT molecular complexity index is 814. The van der Waals surface area contributed by atoms with Crippen molar-refractivity contribution in [3.8, 4) is 11.1 Å². The van der Waals surface area contributed by atoms with Crippen LogP contribution in [-0.4, -0.2) is 29.9 Å². The van der Waals surface area contributed by atoms with E-state index < -0.39 is 0 Å². The van der Waals surface area contributed by atoms with Gasteiger partial charge in [-0.25, -0.2) is 4.85 Å². The SMILES string of the molecule is [C-]#[N+]c1ccc(-c2ccc3c(c2)CN(C2CCNCC2)C3=O)cc1. The van der Waals surface area contributed by atoms with Gasteiger partial charge in [-0.3, -0.25) is 4.79 Å². The van der Waals surface area contributed by atoms with Crippen LogP contribution in [0.4, 0.5) is 5.69 Å². The number of nitrogens with one attached hydrogen (secondary N) is 1. The molecule has 2 heterocycles. The average molecular weight is 317 g/mol. The summed E-state index contributed by atoms with van der Waals surface area (Å²) in [6.45, 7) is 9.73. The van der Waals surface area contributed by atoms with Gasteiger partial charge in [0.15, 0.2) is 5.69 Å². The highest BCUT2D eigenvalue weighted by atomic mass is 16.2. The van der Waals surface area contributed by atoms with E-state index >= 15 is 0 Å². The number of rotatable bonds is 2. The first-order chi connectivity index (χ1) is 11.8. The molecule has 0 bridgehead atoms. The van der Waals surface area contributed by atoms with Gasteiger partial charge in [0.1, 0.15) is 0 Å². The van der Waals surface area contributed by atoms with Gasteiger partial charge >= 0.3 is 0 Å². The first kappa shape index (κ1) is 14.9. The molecule has 1 N–H and O–H groups in total. The van der Waals surface area contributed by atoms with Crippen molar-refractivity contribution >= 4 is 11.6 Å². The Morgan fingerprint density at radius 3 is 2.46 bits per heavy atom. The number of piperidine rings is 1. The van der Waals surface area contributed by atoms with Crippen LogP contribution in [0.2, 0.25) is 0 Å². The summed E-state index contributed by atoms with van der Waals surface area (Å²) in [4.78, 5) is 18.2. The second-order valence-electron chi connectivity index (χ2n) is 6.44. The van der Waals surface area contributed by atoms with E-state index in [1.807, 2.05) is 41.3 Å². The van der Waals surface area contributed by atoms with E-state index in [1.165, 1.54) is 0 Å². The van der Waals surface area contributed by atoms with Crippen molar-refractivity contribution < 1.29 is 4.79 Å². The van der Waals surface area contributed by atoms with E-state index in [2.05, 4.69) is 16.2 Å². The molecule has 0 aromatic heterocycles. The van der Waals surface area contributed by atoms with E-state index in [0.29, 0.717) is 18.3 Å². The molecule has 4 nitrogen and oxygen atoms in total. The number of hydrogen-bond acceptors (Lipinski definition) is 2. The average Bonchev–Trinajstić information content (AvgIpc) is 2.99. The number of amides is 1. The molecule has 0 atom stereocenters. The van der Waals surface area contributed by atoms with Crippen LogP contribution in [0.1, 0.15) is 28.8 Å². The molecule has 4 rings (SSSR count). The predicted molar refractivity (Wildman–Crippen MR) is 93.9 cm³/mol. The minimum absolute atomic E-state index is 0.173. The summed E-state index contributed by atoms with van der Waals surface area (Å²) in [7, 11) is 0. The lowest BCUT2D eigenvalue weighted by molar-refractivity contribution is 0.0668. The molecule has 0 spiro atoms. The first-order valence-electron chi connectivity index (χ1n) is 8.39. The number of benzene rings is 2. The molecule has 0 unspecified atom stereocenters. The van der Waals surface area contributed by atoms with Gasteiger partial charge in [0, 0.05) is 18.2 Å². The van der Waals surface area contributed by atoms with Gasteiger partial charge in [-0.15, -0.1) is 0 Å². The van der Waals surface area contributed by atoms with Crippen LogP contribution >= 0.6 is 0 Å². The molecule has 0 radical (unpaired) electrons. The van der Waals surface area contributed by atoms with Crippen molar-refractivity contribution in [3.63, 3.8) is 0 Å². The maximum Gasteiger partial charge on any atom is 0.254 e. The summed E-state index contributed by atoms with van der Waals surface area (Å²) in [5, 5.41) is 3.36. The van der Waals surface area contributed by atoms with Crippen LogP contribution in [0.3, 0.4) is 0 Å². The molecule has 2 aliphatic heterocycles. The molecule has 1 fully saturated rings. The summed E-state index contributed by atoms with van der Waals surface area (Å²) in [5.41, 5.74) is 4.79. The van der Waals surface area contributed by atoms with E-state index in [4.69, 9.17) is 6.57 Å². The Balaban J connectivity index is 1.61. The minimum atomic E-state index is 0.173. The molecule has 4 heteroatoms. The molecule has 0 aliphatic carbocycles. The van der Waals surface area contributed by atoms with Crippen molar-refractivity contribution in [2.45, 2.75) is 25.4 Å². The second-order valence-corrected chi connectivity index (χ2v) is 6.44. The van der Waals surface area contributed by atoms with E-state index in [0.717, 1.165) is 48.2 Å². The first-order valence-corrected chi connectivity index (χ1v) is 8.39. The Hall–Kier alpha value is -2.64. The van der Waals surface area contributed by atoms with E-state index in [1.54, 1.807) is 0 Å². The summed E-state index contributed by atoms with van der Waals surface area (Å²) in [6, 6.07) is 14.1. The lowest BCUT2D eigenvalue weighted by Gasteiger charge is -2.31. The molecule has 0 saturated carbocycles. The fourth-order valence-electron chi connectivity index (χ4n) is 3.66. The van der Waals surface area contributed by atoms with E-state index in [9.17, 15) is 4.79 Å². The van der Waals surface area contributed by atoms with Crippen molar-refractivity contribution in [2.75, 3.05) is 13.1 Å². The van der Waals surface area contributed by atoms with Crippen LogP contribution in [0.25, 0.3) is 16.0 Å². The smallest absolute Gasteiger partial charge is 0.254 e. The van der Waals surface area contributed by atoms with Gasteiger partial charge in [-0.2, -0.15) is 0 Å². The Labute approximate surface area is 141 Å². The third-order valence-electron chi connectivity index (χ3n) is 5.02. The number of nitrogens with zero attached hydrogens (tertiary/aromatic N) is 2. The predicted octanol–water partition coefficient (Wildman–Crippen LogP) is 3.61. The lowest BCUT2D eigenvalue weighted by Crippen LogP contribution is -2.43. The number of carbonyl (C=O) groups is 1. The number of hydrogen-bond donors (Lipinski definition) is 1. The molecule has 2 aliphatic rings. The summed E-state index contributed by atoms with van der Waals surface area (Å²) >= 11 is 0. The van der Waals surface area contributed by atoms with E-state index in [-0.39, 0.29) is 5.91 Å². The van der Waals surface area contributed by atoms with Crippen molar-refractivity contribution in [2.24, 2.45) is 0 Å². The number of carbonyl (C=O) groups excluding carboxylic acids is 1. The second kappa shape index (κ2) is 6.10. The monoisotopic (exact) mass is 317 g/mol. The molecular formula is C20H19N3O. The Morgan fingerprint density at radius 2 is 1.75 bits per heavy atom. The van der Waals surface area contributed by atoms with Crippen molar-refractivity contribution in [1.29, 1.82) is 0 Å². The van der Waals surface area contributed by atoms with Gasteiger partial charge < -0.3 is 10.2 Å². The van der Waals surface area contributed by atoms with Gasteiger partial charge in [0.25, 0.3) is 5.91 Å². The molecule has 1 saturated heterocycles. The molecule has 24 heavy (non-hydrogen) atoms. The zero-order valence-corrected chi connectivity index (χ0v) is 13.5. The van der Waals surface area contributed by atoms with Crippen molar-refractivity contribution in [3.05, 3.63) is 65.0 Å². The van der Waals surface area contributed by atoms with Gasteiger partial charge in [0.05, 0.1) is 6.57 Å². The highest BCUT2D eigenvalue weighted by Gasteiger charge is 2.33. The summed E-state index contributed by atoms with van der Waals surface area (Å²) < 4.78 is 0. The molecule has 2 aromatic rings. The standard InChI is InChI=1S/C20H19N3O/c1-21-17-5-2-14(3-6-17)15-4-7-19-16(12-15)13-23(20(19)24)18-8-10-22-11-9-18/h2-7,12,18,22H,8-11,13H2. The minimum Gasteiger partial charge on any atom is -0.331 e. The van der Waals surface area contributed by atoms with Crippen LogP contribution in [0.15, 0.2) is 42.5 Å². The lowest BCUT2D eigenvalue weighted by atomic mass is 10.0. The zero-order chi connectivity index (χ0) is 16.5. The molecule has 1 amide bonds. The third-order valence-corrected chi connectivity index (χ3v) is 5.02. The topological polar surface area (TPSA) is 36.7 Å². The maximum atomic E-state index is 12.7. The fourth-order valence-corrected chi connectivity index (χ4v) is 3.66. The van der Waals surface area contributed by atoms with Crippen LogP contribution in [0.5, 0.6) is 0 Å². The maximum absolute atomic E-state index is 12.7. The van der Waals surface area contributed by atoms with Crippen LogP contribution in [-0.2, 0) is 6.54 Å². The van der Waals surface area contributed by atoms with Crippen LogP contribution < -0.4 is 5.32 Å². The van der Waals surface area contributed by atoms with Gasteiger partial charge in [0.2, 0.25) is 0 Å². The summed E-state index contributed by atoms with van der Waals surface area (Å²) in [6.07, 6.45) is 2.06. The molecule has 120 valence electrons. The van der Waals surface area contributed by atoms with Gasteiger partial charge in [-0.1, -0.05) is 30.3 Å². The molecular weight excluding hydrogens is 298 g/mol. The highest BCUT2D eigenvalue weighted by Crippen LogP contribution is 2.31. The third kappa shape index (κ3) is 2.57. The Kier molecular flexibility index (Phi) is 3.79. The largest absolute Gasteiger partial charge is 0.331 e. The Morgan fingerprint density at radius 1 is 1.04 bits per heavy atom. The van der Waals surface area contributed by atoms with Crippen molar-refractivity contribution in [1.82, 2.24) is 10.2 Å². The number of fused-ring (bicyclic) bond motifs is 1. The quantitative estimate of drug-likeness (QED) is 0.859. The van der Waals surface area contributed by atoms with Gasteiger partial charge in [-0.05, 0) is 54.8 Å².